The molecule has 2 bridgehead atoms. The van der Waals surface area contributed by atoms with Crippen molar-refractivity contribution in [3.05, 3.63) is 29.6 Å². The second-order valence-corrected chi connectivity index (χ2v) is 10.3. The molecule has 164 valence electrons. The standard InChI is InChI=1S/C25H38N4O/c1-19-4-2-6-22(26-19)18-27-12-10-23(11-13-27)28-14-8-21(9-15-28)25(30)29-17-20-5-3-7-24(29)16-20/h2,4,6,20-21,23-24H,3,5,7-18H2,1H3/t20-,24+/m1/s1. The van der Waals surface area contributed by atoms with Crippen molar-refractivity contribution in [3.63, 3.8) is 0 Å². The van der Waals surface area contributed by atoms with Gasteiger partial charge in [-0.3, -0.25) is 14.7 Å². The van der Waals surface area contributed by atoms with E-state index in [1.807, 2.05) is 0 Å². The SMILES string of the molecule is Cc1cccc(CN2CCC(N3CCC(C(=O)N4C[C@@H]5CCC[C@H]4C5)CC3)CC2)n1. The van der Waals surface area contributed by atoms with Gasteiger partial charge in [0.05, 0.1) is 5.69 Å². The van der Waals surface area contributed by atoms with Crippen LogP contribution >= 0.6 is 0 Å². The van der Waals surface area contributed by atoms with E-state index in [0.29, 0.717) is 18.0 Å². The highest BCUT2D eigenvalue weighted by atomic mass is 16.2. The van der Waals surface area contributed by atoms with Crippen LogP contribution in [0.1, 0.15) is 62.8 Å². The summed E-state index contributed by atoms with van der Waals surface area (Å²) < 4.78 is 0. The third kappa shape index (κ3) is 4.43. The molecular weight excluding hydrogens is 372 g/mol. The zero-order chi connectivity index (χ0) is 20.5. The van der Waals surface area contributed by atoms with Crippen LogP contribution < -0.4 is 0 Å². The van der Waals surface area contributed by atoms with Crippen molar-refractivity contribution in [2.24, 2.45) is 11.8 Å². The van der Waals surface area contributed by atoms with E-state index in [9.17, 15) is 4.79 Å². The molecule has 0 radical (unpaired) electrons. The fourth-order valence-corrected chi connectivity index (χ4v) is 6.51. The van der Waals surface area contributed by atoms with Gasteiger partial charge in [0.25, 0.3) is 0 Å². The molecule has 4 fully saturated rings. The molecule has 5 rings (SSSR count). The largest absolute Gasteiger partial charge is 0.339 e. The predicted molar refractivity (Wildman–Crippen MR) is 119 cm³/mol. The minimum Gasteiger partial charge on any atom is -0.339 e. The van der Waals surface area contributed by atoms with Gasteiger partial charge in [-0.1, -0.05) is 12.5 Å². The Balaban J connectivity index is 1.07. The molecular formula is C25H38N4O. The lowest BCUT2D eigenvalue weighted by atomic mass is 9.90. The molecule has 2 atom stereocenters. The monoisotopic (exact) mass is 410 g/mol. The third-order valence-corrected chi connectivity index (χ3v) is 8.22. The minimum atomic E-state index is 0.285. The summed E-state index contributed by atoms with van der Waals surface area (Å²) in [5, 5.41) is 0. The highest BCUT2D eigenvalue weighted by molar-refractivity contribution is 5.79. The second kappa shape index (κ2) is 8.96. The first-order valence-corrected chi connectivity index (χ1v) is 12.3. The summed E-state index contributed by atoms with van der Waals surface area (Å²) in [7, 11) is 0. The van der Waals surface area contributed by atoms with Gasteiger partial charge in [-0.2, -0.15) is 0 Å². The van der Waals surface area contributed by atoms with Crippen molar-refractivity contribution in [1.82, 2.24) is 19.7 Å². The molecule has 0 aromatic carbocycles. The normalized spacial score (nSPS) is 29.4. The van der Waals surface area contributed by atoms with E-state index >= 15 is 0 Å². The summed E-state index contributed by atoms with van der Waals surface area (Å²) in [6, 6.07) is 7.61. The first kappa shape index (κ1) is 20.4. The Morgan fingerprint density at radius 1 is 1.00 bits per heavy atom. The molecule has 1 amide bonds. The number of hydrogen-bond donors (Lipinski definition) is 0. The number of fused-ring (bicyclic) bond motifs is 2. The van der Waals surface area contributed by atoms with E-state index in [4.69, 9.17) is 0 Å². The maximum Gasteiger partial charge on any atom is 0.226 e. The third-order valence-electron chi connectivity index (χ3n) is 8.22. The average molecular weight is 411 g/mol. The highest BCUT2D eigenvalue weighted by Crippen LogP contribution is 2.37. The molecule has 1 aromatic heterocycles. The molecule has 30 heavy (non-hydrogen) atoms. The number of aryl methyl sites for hydroxylation is 1. The van der Waals surface area contributed by atoms with Crippen molar-refractivity contribution >= 4 is 5.91 Å². The van der Waals surface area contributed by atoms with Crippen molar-refractivity contribution in [1.29, 1.82) is 0 Å². The lowest BCUT2D eigenvalue weighted by Gasteiger charge is -2.42. The van der Waals surface area contributed by atoms with Crippen LogP contribution in [0.5, 0.6) is 0 Å². The van der Waals surface area contributed by atoms with Gasteiger partial charge in [0.1, 0.15) is 0 Å². The van der Waals surface area contributed by atoms with E-state index in [1.54, 1.807) is 0 Å². The molecule has 1 aliphatic carbocycles. The summed E-state index contributed by atoms with van der Waals surface area (Å²) in [4.78, 5) is 25.4. The molecule has 0 N–H and O–H groups in total. The van der Waals surface area contributed by atoms with Crippen molar-refractivity contribution in [2.45, 2.75) is 76.9 Å². The number of hydrogen-bond acceptors (Lipinski definition) is 4. The molecule has 5 nitrogen and oxygen atoms in total. The average Bonchev–Trinajstić information content (AvgIpc) is 3.07. The van der Waals surface area contributed by atoms with Crippen LogP contribution in [0.3, 0.4) is 0 Å². The van der Waals surface area contributed by atoms with E-state index in [-0.39, 0.29) is 5.92 Å². The lowest BCUT2D eigenvalue weighted by Crippen LogP contribution is -2.49. The fraction of sp³-hybridized carbons (Fsp3) is 0.760. The molecule has 0 spiro atoms. The number of likely N-dealkylation sites (tertiary alicyclic amines) is 3. The van der Waals surface area contributed by atoms with Crippen molar-refractivity contribution in [2.75, 3.05) is 32.7 Å². The number of nitrogens with zero attached hydrogens (tertiary/aromatic N) is 4. The number of aromatic nitrogens is 1. The number of carbonyl (C=O) groups is 1. The lowest BCUT2D eigenvalue weighted by molar-refractivity contribution is -0.138. The highest BCUT2D eigenvalue weighted by Gasteiger charge is 2.41. The molecule has 1 saturated carbocycles. The van der Waals surface area contributed by atoms with Gasteiger partial charge in [0, 0.05) is 49.9 Å². The number of pyridine rings is 1. The van der Waals surface area contributed by atoms with Crippen molar-refractivity contribution < 1.29 is 4.79 Å². The smallest absolute Gasteiger partial charge is 0.226 e. The Morgan fingerprint density at radius 2 is 1.80 bits per heavy atom. The van der Waals surface area contributed by atoms with E-state index in [2.05, 4.69) is 44.8 Å². The minimum absolute atomic E-state index is 0.285. The first-order chi connectivity index (χ1) is 14.7. The summed E-state index contributed by atoms with van der Waals surface area (Å²) in [5.41, 5.74) is 2.30. The Kier molecular flexibility index (Phi) is 6.10. The molecule has 3 aliphatic heterocycles. The zero-order valence-electron chi connectivity index (χ0n) is 18.6. The Labute approximate surface area is 181 Å². The van der Waals surface area contributed by atoms with Crippen LogP contribution in [0.4, 0.5) is 0 Å². The number of carbonyl (C=O) groups excluding carboxylic acids is 1. The number of rotatable bonds is 4. The Morgan fingerprint density at radius 3 is 2.53 bits per heavy atom. The van der Waals surface area contributed by atoms with E-state index in [0.717, 1.165) is 63.7 Å². The van der Waals surface area contributed by atoms with Gasteiger partial charge in [0.2, 0.25) is 5.91 Å². The van der Waals surface area contributed by atoms with E-state index in [1.165, 1.54) is 44.2 Å². The predicted octanol–water partition coefficient (Wildman–Crippen LogP) is 3.47. The van der Waals surface area contributed by atoms with E-state index < -0.39 is 0 Å². The van der Waals surface area contributed by atoms with Gasteiger partial charge in [-0.05, 0) is 83.0 Å². The van der Waals surface area contributed by atoms with Gasteiger partial charge in [-0.25, -0.2) is 0 Å². The number of amides is 1. The Bertz CT molecular complexity index is 736. The summed E-state index contributed by atoms with van der Waals surface area (Å²) in [6.45, 7) is 8.65. The molecule has 4 heterocycles. The van der Waals surface area contributed by atoms with Crippen LogP contribution in [-0.2, 0) is 11.3 Å². The first-order valence-electron chi connectivity index (χ1n) is 12.3. The second-order valence-electron chi connectivity index (χ2n) is 10.3. The van der Waals surface area contributed by atoms with Crippen LogP contribution in [0.15, 0.2) is 18.2 Å². The Hall–Kier alpha value is -1.46. The van der Waals surface area contributed by atoms with Gasteiger partial charge in [-0.15, -0.1) is 0 Å². The quantitative estimate of drug-likeness (QED) is 0.762. The fourth-order valence-electron chi connectivity index (χ4n) is 6.51. The van der Waals surface area contributed by atoms with Crippen LogP contribution in [0.2, 0.25) is 0 Å². The molecule has 1 aromatic rings. The van der Waals surface area contributed by atoms with Crippen molar-refractivity contribution in [3.8, 4) is 0 Å². The molecule has 3 saturated heterocycles. The van der Waals surface area contributed by atoms with Crippen LogP contribution in [-0.4, -0.2) is 70.4 Å². The van der Waals surface area contributed by atoms with Gasteiger partial charge in [0.15, 0.2) is 0 Å². The summed E-state index contributed by atoms with van der Waals surface area (Å²) in [5.74, 6) is 1.57. The van der Waals surface area contributed by atoms with Gasteiger partial charge < -0.3 is 9.80 Å². The summed E-state index contributed by atoms with van der Waals surface area (Å²) >= 11 is 0. The molecule has 0 unspecified atom stereocenters. The number of piperidine rings is 2. The maximum atomic E-state index is 13.2. The maximum absolute atomic E-state index is 13.2. The molecule has 5 heteroatoms. The topological polar surface area (TPSA) is 39.7 Å². The van der Waals surface area contributed by atoms with Crippen LogP contribution in [0, 0.1) is 18.8 Å². The van der Waals surface area contributed by atoms with Gasteiger partial charge >= 0.3 is 0 Å². The molecule has 4 aliphatic rings. The zero-order valence-corrected chi connectivity index (χ0v) is 18.6. The van der Waals surface area contributed by atoms with Crippen LogP contribution in [0.25, 0.3) is 0 Å². The summed E-state index contributed by atoms with van der Waals surface area (Å²) in [6.07, 6.45) is 9.84.